The Hall–Kier alpha value is -1.18. The highest BCUT2D eigenvalue weighted by Gasteiger charge is 2.19. The summed E-state index contributed by atoms with van der Waals surface area (Å²) in [6.07, 6.45) is 5.36. The smallest absolute Gasteiger partial charge is 0.163 e. The van der Waals surface area contributed by atoms with Crippen LogP contribution in [0.5, 0.6) is 0 Å². The molecule has 1 aliphatic carbocycles. The van der Waals surface area contributed by atoms with E-state index in [0.29, 0.717) is 23.5 Å². The van der Waals surface area contributed by atoms with Crippen LogP contribution in [0.4, 0.5) is 4.39 Å². The number of hydrogen-bond donors (Lipinski definition) is 0. The van der Waals surface area contributed by atoms with Crippen LogP contribution in [0.2, 0.25) is 0 Å². The molecular formula is C14H17FO. The number of carbonyl (C=O) groups excluding carboxylic acids is 1. The minimum Gasteiger partial charge on any atom is -0.294 e. The quantitative estimate of drug-likeness (QED) is 0.706. The van der Waals surface area contributed by atoms with Crippen LogP contribution in [0.3, 0.4) is 0 Å². The van der Waals surface area contributed by atoms with Gasteiger partial charge in [-0.25, -0.2) is 4.39 Å². The lowest BCUT2D eigenvalue weighted by atomic mass is 9.96. The van der Waals surface area contributed by atoms with Gasteiger partial charge in [0.15, 0.2) is 5.78 Å². The van der Waals surface area contributed by atoms with Crippen molar-refractivity contribution in [3.8, 4) is 0 Å². The fraction of sp³-hybridized carbons (Fsp3) is 0.500. The number of benzene rings is 1. The van der Waals surface area contributed by atoms with E-state index in [-0.39, 0.29) is 11.6 Å². The summed E-state index contributed by atoms with van der Waals surface area (Å²) in [5.74, 6) is 0.333. The molecule has 0 aliphatic heterocycles. The molecule has 0 heterocycles. The summed E-state index contributed by atoms with van der Waals surface area (Å²) in [5.41, 5.74) is 1.12. The standard InChI is InChI=1S/C14H17FO/c1-10-6-7-12(9-13(10)15)14(16)8-11-4-2-3-5-11/h6-7,9,11H,2-5,8H2,1H3. The average molecular weight is 220 g/mol. The van der Waals surface area contributed by atoms with E-state index in [0.717, 1.165) is 12.8 Å². The Morgan fingerprint density at radius 3 is 2.69 bits per heavy atom. The van der Waals surface area contributed by atoms with Crippen molar-refractivity contribution in [3.05, 3.63) is 35.1 Å². The van der Waals surface area contributed by atoms with Crippen LogP contribution < -0.4 is 0 Å². The Bertz CT molecular complexity index is 392. The fourth-order valence-electron chi connectivity index (χ4n) is 2.36. The maximum atomic E-state index is 13.3. The SMILES string of the molecule is Cc1ccc(C(=O)CC2CCCC2)cc1F. The van der Waals surface area contributed by atoms with E-state index in [1.165, 1.54) is 18.9 Å². The summed E-state index contributed by atoms with van der Waals surface area (Å²) in [6, 6.07) is 4.78. The number of aryl methyl sites for hydroxylation is 1. The highest BCUT2D eigenvalue weighted by Crippen LogP contribution is 2.28. The Morgan fingerprint density at radius 1 is 1.38 bits per heavy atom. The molecule has 1 fully saturated rings. The monoisotopic (exact) mass is 220 g/mol. The highest BCUT2D eigenvalue weighted by atomic mass is 19.1. The molecule has 0 unspecified atom stereocenters. The number of halogens is 1. The summed E-state index contributed by atoms with van der Waals surface area (Å²) in [6.45, 7) is 1.71. The van der Waals surface area contributed by atoms with Crippen molar-refractivity contribution in [2.75, 3.05) is 0 Å². The molecule has 1 aliphatic rings. The summed E-state index contributed by atoms with van der Waals surface area (Å²) < 4.78 is 13.3. The van der Waals surface area contributed by atoms with E-state index in [9.17, 15) is 9.18 Å². The van der Waals surface area contributed by atoms with Gasteiger partial charge in [0.2, 0.25) is 0 Å². The predicted molar refractivity (Wildman–Crippen MR) is 62.0 cm³/mol. The molecule has 1 aromatic carbocycles. The second kappa shape index (κ2) is 4.77. The van der Waals surface area contributed by atoms with E-state index in [1.807, 2.05) is 0 Å². The molecule has 0 radical (unpaired) electrons. The third-order valence-electron chi connectivity index (χ3n) is 3.44. The van der Waals surface area contributed by atoms with Gasteiger partial charge in [0.05, 0.1) is 0 Å². The first-order chi connectivity index (χ1) is 7.66. The van der Waals surface area contributed by atoms with Crippen molar-refractivity contribution < 1.29 is 9.18 Å². The Labute approximate surface area is 95.7 Å². The molecule has 1 aromatic rings. The van der Waals surface area contributed by atoms with Gasteiger partial charge in [-0.2, -0.15) is 0 Å². The van der Waals surface area contributed by atoms with Gasteiger partial charge in [-0.1, -0.05) is 37.8 Å². The van der Waals surface area contributed by atoms with Gasteiger partial charge in [0.25, 0.3) is 0 Å². The highest BCUT2D eigenvalue weighted by molar-refractivity contribution is 5.96. The summed E-state index contributed by atoms with van der Waals surface area (Å²) >= 11 is 0. The van der Waals surface area contributed by atoms with E-state index >= 15 is 0 Å². The van der Waals surface area contributed by atoms with Crippen LogP contribution >= 0.6 is 0 Å². The van der Waals surface area contributed by atoms with Crippen molar-refractivity contribution in [2.45, 2.75) is 39.0 Å². The zero-order valence-electron chi connectivity index (χ0n) is 9.63. The number of Topliss-reactive ketones (excluding diaryl/α,β-unsaturated/α-hetero) is 1. The summed E-state index contributed by atoms with van der Waals surface area (Å²) in [7, 11) is 0. The molecule has 2 rings (SSSR count). The molecule has 0 amide bonds. The third kappa shape index (κ3) is 2.49. The lowest BCUT2D eigenvalue weighted by Crippen LogP contribution is -2.06. The topological polar surface area (TPSA) is 17.1 Å². The largest absolute Gasteiger partial charge is 0.294 e. The number of hydrogen-bond acceptors (Lipinski definition) is 1. The number of ketones is 1. The van der Waals surface area contributed by atoms with E-state index in [1.54, 1.807) is 19.1 Å². The summed E-state index contributed by atoms with van der Waals surface area (Å²) in [5, 5.41) is 0. The molecule has 2 heteroatoms. The van der Waals surface area contributed by atoms with Gasteiger partial charge >= 0.3 is 0 Å². The van der Waals surface area contributed by atoms with Gasteiger partial charge < -0.3 is 0 Å². The number of carbonyl (C=O) groups is 1. The average Bonchev–Trinajstić information content (AvgIpc) is 2.74. The minimum atomic E-state index is -0.280. The maximum Gasteiger partial charge on any atom is 0.163 e. The molecule has 0 saturated heterocycles. The molecule has 0 spiro atoms. The van der Waals surface area contributed by atoms with Gasteiger partial charge in [0, 0.05) is 12.0 Å². The lowest BCUT2D eigenvalue weighted by molar-refractivity contribution is 0.0961. The Balaban J connectivity index is 2.05. The van der Waals surface area contributed by atoms with Gasteiger partial charge in [-0.15, -0.1) is 0 Å². The third-order valence-corrected chi connectivity index (χ3v) is 3.44. The molecule has 1 saturated carbocycles. The van der Waals surface area contributed by atoms with Gasteiger partial charge in [-0.05, 0) is 24.5 Å². The molecule has 86 valence electrons. The second-order valence-corrected chi connectivity index (χ2v) is 4.74. The predicted octanol–water partition coefficient (Wildman–Crippen LogP) is 3.90. The molecule has 0 atom stereocenters. The Kier molecular flexibility index (Phi) is 3.37. The van der Waals surface area contributed by atoms with Crippen molar-refractivity contribution in [2.24, 2.45) is 5.92 Å². The van der Waals surface area contributed by atoms with E-state index in [4.69, 9.17) is 0 Å². The molecule has 0 N–H and O–H groups in total. The fourth-order valence-corrected chi connectivity index (χ4v) is 2.36. The first kappa shape index (κ1) is 11.3. The first-order valence-corrected chi connectivity index (χ1v) is 5.96. The van der Waals surface area contributed by atoms with Crippen molar-refractivity contribution in [1.29, 1.82) is 0 Å². The second-order valence-electron chi connectivity index (χ2n) is 4.74. The number of rotatable bonds is 3. The van der Waals surface area contributed by atoms with E-state index in [2.05, 4.69) is 0 Å². The normalized spacial score (nSPS) is 16.6. The molecule has 1 nitrogen and oxygen atoms in total. The molecule has 0 aromatic heterocycles. The van der Waals surface area contributed by atoms with Crippen LogP contribution in [0, 0.1) is 18.7 Å². The van der Waals surface area contributed by atoms with Crippen molar-refractivity contribution >= 4 is 5.78 Å². The lowest BCUT2D eigenvalue weighted by Gasteiger charge is -2.08. The van der Waals surface area contributed by atoms with Crippen molar-refractivity contribution in [3.63, 3.8) is 0 Å². The minimum absolute atomic E-state index is 0.0887. The van der Waals surface area contributed by atoms with Gasteiger partial charge in [0.1, 0.15) is 5.82 Å². The zero-order chi connectivity index (χ0) is 11.5. The zero-order valence-corrected chi connectivity index (χ0v) is 9.63. The molecule has 16 heavy (non-hydrogen) atoms. The van der Waals surface area contributed by atoms with Crippen LogP contribution in [-0.2, 0) is 0 Å². The Morgan fingerprint density at radius 2 is 2.06 bits per heavy atom. The molecule has 0 bridgehead atoms. The van der Waals surface area contributed by atoms with Crippen LogP contribution in [-0.4, -0.2) is 5.78 Å². The van der Waals surface area contributed by atoms with E-state index < -0.39 is 0 Å². The van der Waals surface area contributed by atoms with Crippen LogP contribution in [0.25, 0.3) is 0 Å². The summed E-state index contributed by atoms with van der Waals surface area (Å²) in [4.78, 5) is 11.9. The van der Waals surface area contributed by atoms with Gasteiger partial charge in [-0.3, -0.25) is 4.79 Å². The van der Waals surface area contributed by atoms with Crippen LogP contribution in [0.15, 0.2) is 18.2 Å². The van der Waals surface area contributed by atoms with Crippen molar-refractivity contribution in [1.82, 2.24) is 0 Å². The first-order valence-electron chi connectivity index (χ1n) is 5.96. The maximum absolute atomic E-state index is 13.3. The molecular weight excluding hydrogens is 203 g/mol. The van der Waals surface area contributed by atoms with Crippen LogP contribution in [0.1, 0.15) is 48.0 Å².